The Bertz CT molecular complexity index is 3180. The van der Waals surface area contributed by atoms with Crippen LogP contribution in [0.4, 0.5) is 0 Å². The Morgan fingerprint density at radius 3 is 1.15 bits per heavy atom. The van der Waals surface area contributed by atoms with Crippen molar-refractivity contribution >= 4 is 0 Å². The van der Waals surface area contributed by atoms with Crippen LogP contribution in [-0.2, 0) is 0 Å². The first-order valence-corrected chi connectivity index (χ1v) is 20.3. The monoisotopic (exact) mass is 793 g/mol. The van der Waals surface area contributed by atoms with Crippen LogP contribution in [0.2, 0.25) is 0 Å². The normalized spacial score (nSPS) is 10.9. The van der Waals surface area contributed by atoms with Crippen molar-refractivity contribution in [3.8, 4) is 108 Å². The van der Waals surface area contributed by atoms with E-state index in [-0.39, 0.29) is 0 Å². The Hall–Kier alpha value is -8.73. The van der Waals surface area contributed by atoms with Gasteiger partial charge in [0.1, 0.15) is 0 Å². The molecule has 0 aliphatic rings. The lowest BCUT2D eigenvalue weighted by Gasteiger charge is -2.16. The molecule has 10 aromatic rings. The van der Waals surface area contributed by atoms with Crippen molar-refractivity contribution in [2.45, 2.75) is 0 Å². The van der Waals surface area contributed by atoms with E-state index in [0.717, 1.165) is 66.8 Å². The van der Waals surface area contributed by atoms with Gasteiger partial charge in [0.25, 0.3) is 0 Å². The van der Waals surface area contributed by atoms with Gasteiger partial charge in [-0.15, -0.1) is 0 Å². The number of nitrogens with zero attached hydrogens (tertiary/aromatic N) is 7. The molecular formula is C55H35N7. The van der Waals surface area contributed by atoms with Gasteiger partial charge in [0.15, 0.2) is 34.9 Å². The maximum absolute atomic E-state index is 9.89. The number of rotatable bonds is 9. The molecule has 0 spiro atoms. The van der Waals surface area contributed by atoms with Crippen molar-refractivity contribution in [1.82, 2.24) is 29.9 Å². The first-order valence-electron chi connectivity index (χ1n) is 20.3. The highest BCUT2D eigenvalue weighted by Crippen LogP contribution is 2.39. The molecule has 0 amide bonds. The van der Waals surface area contributed by atoms with Crippen LogP contribution in [0.3, 0.4) is 0 Å². The van der Waals surface area contributed by atoms with Gasteiger partial charge >= 0.3 is 0 Å². The van der Waals surface area contributed by atoms with Crippen LogP contribution in [0, 0.1) is 11.3 Å². The van der Waals surface area contributed by atoms with Crippen molar-refractivity contribution in [3.63, 3.8) is 0 Å². The van der Waals surface area contributed by atoms with E-state index in [1.165, 1.54) is 0 Å². The molecule has 0 atom stereocenters. The smallest absolute Gasteiger partial charge is 0.164 e. The van der Waals surface area contributed by atoms with Crippen LogP contribution in [0.1, 0.15) is 5.56 Å². The Morgan fingerprint density at radius 2 is 0.613 bits per heavy atom. The van der Waals surface area contributed by atoms with E-state index in [4.69, 9.17) is 29.9 Å². The summed E-state index contributed by atoms with van der Waals surface area (Å²) in [6, 6.07) is 72.9. The third-order valence-corrected chi connectivity index (χ3v) is 10.7. The maximum atomic E-state index is 9.89. The Kier molecular flexibility index (Phi) is 10.2. The van der Waals surface area contributed by atoms with Gasteiger partial charge in [-0.1, -0.05) is 188 Å². The summed E-state index contributed by atoms with van der Waals surface area (Å²) < 4.78 is 0. The summed E-state index contributed by atoms with van der Waals surface area (Å²) in [7, 11) is 0. The number of benzene rings is 8. The lowest BCUT2D eigenvalue weighted by Crippen LogP contribution is -2.02. The van der Waals surface area contributed by atoms with Gasteiger partial charge in [-0.25, -0.2) is 29.9 Å². The van der Waals surface area contributed by atoms with Crippen LogP contribution < -0.4 is 0 Å². The van der Waals surface area contributed by atoms with E-state index in [2.05, 4.69) is 48.5 Å². The van der Waals surface area contributed by atoms with Crippen LogP contribution in [0.15, 0.2) is 212 Å². The van der Waals surface area contributed by atoms with Gasteiger partial charge in [0.05, 0.1) is 11.6 Å². The summed E-state index contributed by atoms with van der Waals surface area (Å²) in [4.78, 5) is 30.5. The first-order chi connectivity index (χ1) is 30.7. The van der Waals surface area contributed by atoms with E-state index in [9.17, 15) is 5.26 Å². The second kappa shape index (κ2) is 16.9. The third-order valence-electron chi connectivity index (χ3n) is 10.7. The molecule has 0 saturated carbocycles. The number of hydrogen-bond acceptors (Lipinski definition) is 7. The predicted molar refractivity (Wildman–Crippen MR) is 247 cm³/mol. The molecule has 2 heterocycles. The van der Waals surface area contributed by atoms with Crippen molar-refractivity contribution in [3.05, 3.63) is 218 Å². The topological polar surface area (TPSA) is 101 Å². The van der Waals surface area contributed by atoms with Crippen molar-refractivity contribution in [2.24, 2.45) is 0 Å². The van der Waals surface area contributed by atoms with Crippen LogP contribution in [0.5, 0.6) is 0 Å². The molecule has 0 fully saturated rings. The second-order valence-corrected chi connectivity index (χ2v) is 14.6. The number of hydrogen-bond donors (Lipinski definition) is 0. The molecular weight excluding hydrogens is 759 g/mol. The standard InChI is InChI=1S/C55H35N7/c56-36-44-26-13-14-29-45(44)41-27-17-28-43(34-41)53-58-52(40-24-11-4-12-25-40)61-55(62-53)48-33-32-42(35-49(48)37-18-5-1-6-19-37)46-30-15-16-31-47(46)54-59-50(38-20-7-2-8-21-38)57-51(60-54)39-22-9-3-10-23-39/h1-35H. The zero-order valence-corrected chi connectivity index (χ0v) is 33.3. The number of nitriles is 1. The quantitative estimate of drug-likeness (QED) is 0.143. The summed E-state index contributed by atoms with van der Waals surface area (Å²) in [6.07, 6.45) is 0. The third kappa shape index (κ3) is 7.63. The zero-order valence-electron chi connectivity index (χ0n) is 33.3. The van der Waals surface area contributed by atoms with Gasteiger partial charge in [-0.2, -0.15) is 5.26 Å². The van der Waals surface area contributed by atoms with Gasteiger partial charge in [0, 0.05) is 33.4 Å². The molecule has 0 unspecified atom stereocenters. The minimum absolute atomic E-state index is 0.525. The Balaban J connectivity index is 1.14. The van der Waals surface area contributed by atoms with E-state index in [0.29, 0.717) is 40.5 Å². The van der Waals surface area contributed by atoms with Crippen molar-refractivity contribution in [1.29, 1.82) is 5.26 Å². The van der Waals surface area contributed by atoms with E-state index in [1.807, 2.05) is 170 Å². The van der Waals surface area contributed by atoms with Crippen molar-refractivity contribution in [2.75, 3.05) is 0 Å². The summed E-state index contributed by atoms with van der Waals surface area (Å²) >= 11 is 0. The highest BCUT2D eigenvalue weighted by molar-refractivity contribution is 5.89. The maximum Gasteiger partial charge on any atom is 0.164 e. The largest absolute Gasteiger partial charge is 0.208 e. The highest BCUT2D eigenvalue weighted by atomic mass is 15.0. The molecule has 0 radical (unpaired) electrons. The van der Waals surface area contributed by atoms with E-state index >= 15 is 0 Å². The average Bonchev–Trinajstić information content (AvgIpc) is 3.37. The molecule has 0 saturated heterocycles. The molecule has 0 N–H and O–H groups in total. The van der Waals surface area contributed by atoms with Crippen LogP contribution in [0.25, 0.3) is 102 Å². The minimum Gasteiger partial charge on any atom is -0.208 e. The molecule has 0 aliphatic carbocycles. The number of aromatic nitrogens is 6. The van der Waals surface area contributed by atoms with E-state index in [1.54, 1.807) is 0 Å². The molecule has 7 nitrogen and oxygen atoms in total. The minimum atomic E-state index is 0.525. The second-order valence-electron chi connectivity index (χ2n) is 14.6. The van der Waals surface area contributed by atoms with Gasteiger partial charge < -0.3 is 0 Å². The van der Waals surface area contributed by atoms with E-state index < -0.39 is 0 Å². The van der Waals surface area contributed by atoms with Gasteiger partial charge in [0.2, 0.25) is 0 Å². The fraction of sp³-hybridized carbons (Fsp3) is 0. The molecule has 62 heavy (non-hydrogen) atoms. The molecule has 2 aromatic heterocycles. The van der Waals surface area contributed by atoms with Gasteiger partial charge in [-0.3, -0.25) is 0 Å². The predicted octanol–water partition coefficient (Wildman–Crippen LogP) is 12.9. The average molecular weight is 794 g/mol. The van der Waals surface area contributed by atoms with Crippen molar-refractivity contribution < 1.29 is 0 Å². The molecule has 290 valence electrons. The fourth-order valence-electron chi connectivity index (χ4n) is 7.62. The molecule has 0 aliphatic heterocycles. The summed E-state index contributed by atoms with van der Waals surface area (Å²) in [5, 5.41) is 9.89. The SMILES string of the molecule is N#Cc1ccccc1-c1cccc(-c2nc(-c3ccccc3)nc(-c3ccc(-c4ccccc4-c4nc(-c5ccccc5)nc(-c5ccccc5)n4)cc3-c3ccccc3)n2)c1. The molecule has 0 bridgehead atoms. The molecule has 10 rings (SSSR count). The lowest BCUT2D eigenvalue weighted by molar-refractivity contribution is 1.07. The molecule has 7 heteroatoms. The Morgan fingerprint density at radius 1 is 0.242 bits per heavy atom. The lowest BCUT2D eigenvalue weighted by atomic mass is 9.92. The summed E-state index contributed by atoms with van der Waals surface area (Å²) in [6.45, 7) is 0. The highest BCUT2D eigenvalue weighted by Gasteiger charge is 2.20. The molecule has 8 aromatic carbocycles. The Labute approximate surface area is 359 Å². The first kappa shape index (κ1) is 37.5. The van der Waals surface area contributed by atoms with Crippen LogP contribution in [-0.4, -0.2) is 29.9 Å². The summed E-state index contributed by atoms with van der Waals surface area (Å²) in [5.74, 6) is 3.39. The zero-order chi connectivity index (χ0) is 41.7. The van der Waals surface area contributed by atoms with Gasteiger partial charge in [-0.05, 0) is 57.6 Å². The summed E-state index contributed by atoms with van der Waals surface area (Å²) in [5.41, 5.74) is 11.5. The fourth-order valence-corrected chi connectivity index (χ4v) is 7.62. The van der Waals surface area contributed by atoms with Crippen LogP contribution >= 0.6 is 0 Å².